The lowest BCUT2D eigenvalue weighted by Crippen LogP contribution is -1.94. The Hall–Kier alpha value is -3.89. The van der Waals surface area contributed by atoms with Crippen LogP contribution in [0.25, 0.3) is 33.9 Å². The van der Waals surface area contributed by atoms with Crippen molar-refractivity contribution in [3.8, 4) is 45.7 Å². The van der Waals surface area contributed by atoms with Gasteiger partial charge < -0.3 is 0 Å². The van der Waals surface area contributed by atoms with Gasteiger partial charge in [-0.15, -0.1) is 0 Å². The molecule has 4 aromatic heterocycles. The Labute approximate surface area is 206 Å². The van der Waals surface area contributed by atoms with Gasteiger partial charge in [-0.25, -0.2) is 9.97 Å². The van der Waals surface area contributed by atoms with E-state index in [0.29, 0.717) is 0 Å². The van der Waals surface area contributed by atoms with Crippen LogP contribution in [0.3, 0.4) is 0 Å². The lowest BCUT2D eigenvalue weighted by Gasteiger charge is -2.09. The van der Waals surface area contributed by atoms with Crippen molar-refractivity contribution in [2.45, 2.75) is 0 Å². The zero-order chi connectivity index (χ0) is 22.5. The second kappa shape index (κ2) is 9.72. The predicted octanol–water partition coefficient (Wildman–Crippen LogP) is 6.27. The average Bonchev–Trinajstić information content (AvgIpc) is 2.89. The van der Waals surface area contributed by atoms with Crippen LogP contribution in [0.4, 0.5) is 0 Å². The van der Waals surface area contributed by atoms with Gasteiger partial charge in [0.25, 0.3) is 0 Å². The number of halogens is 1. The van der Waals surface area contributed by atoms with Gasteiger partial charge in [-0.3, -0.25) is 9.97 Å². The monoisotopic (exact) mass is 536 g/mol. The van der Waals surface area contributed by atoms with Crippen LogP contribution in [0.1, 0.15) is 11.3 Å². The van der Waals surface area contributed by atoms with E-state index < -0.39 is 0 Å². The van der Waals surface area contributed by atoms with E-state index in [2.05, 4.69) is 49.4 Å². The van der Waals surface area contributed by atoms with Crippen molar-refractivity contribution in [2.75, 3.05) is 0 Å². The first-order valence-electron chi connectivity index (χ1n) is 10.3. The molecule has 0 aliphatic heterocycles. The Balaban J connectivity index is 1.51. The minimum absolute atomic E-state index is 0.723. The molecule has 0 N–H and O–H groups in total. The highest BCUT2D eigenvalue weighted by atomic mass is 127. The Morgan fingerprint density at radius 2 is 1.24 bits per heavy atom. The normalized spacial score (nSPS) is 10.3. The molecule has 0 aliphatic rings. The molecule has 33 heavy (non-hydrogen) atoms. The summed E-state index contributed by atoms with van der Waals surface area (Å²) in [4.78, 5) is 18.3. The van der Waals surface area contributed by atoms with Crippen LogP contribution in [0.2, 0.25) is 0 Å². The van der Waals surface area contributed by atoms with E-state index >= 15 is 0 Å². The van der Waals surface area contributed by atoms with Crippen molar-refractivity contribution >= 4 is 22.6 Å². The molecule has 156 valence electrons. The lowest BCUT2D eigenvalue weighted by molar-refractivity contribution is 1.22. The van der Waals surface area contributed by atoms with Crippen molar-refractivity contribution in [3.05, 3.63) is 118 Å². The molecular formula is C28H17IN4. The first kappa shape index (κ1) is 21.0. The van der Waals surface area contributed by atoms with Gasteiger partial charge in [-0.2, -0.15) is 0 Å². The Kier molecular flexibility index (Phi) is 6.18. The molecule has 0 spiro atoms. The molecule has 0 saturated heterocycles. The molecule has 0 amide bonds. The largest absolute Gasteiger partial charge is 0.255 e. The smallest absolute Gasteiger partial charge is 0.113 e. The highest BCUT2D eigenvalue weighted by Crippen LogP contribution is 2.28. The van der Waals surface area contributed by atoms with Crippen molar-refractivity contribution in [1.29, 1.82) is 0 Å². The number of pyridine rings is 4. The summed E-state index contributed by atoms with van der Waals surface area (Å²) in [5.41, 5.74) is 6.86. The van der Waals surface area contributed by atoms with Crippen LogP contribution in [0.15, 0.2) is 104 Å². The van der Waals surface area contributed by atoms with Crippen molar-refractivity contribution in [3.63, 3.8) is 0 Å². The summed E-state index contributed by atoms with van der Waals surface area (Å²) in [5, 5.41) is 0. The molecule has 4 nitrogen and oxygen atoms in total. The molecular weight excluding hydrogens is 519 g/mol. The molecule has 0 atom stereocenters. The first-order valence-corrected chi connectivity index (χ1v) is 11.4. The highest BCUT2D eigenvalue weighted by Gasteiger charge is 2.10. The number of hydrogen-bond acceptors (Lipinski definition) is 4. The zero-order valence-corrected chi connectivity index (χ0v) is 19.6. The number of nitrogens with zero attached hydrogens (tertiary/aromatic N) is 4. The number of aromatic nitrogens is 4. The summed E-state index contributed by atoms with van der Waals surface area (Å²) in [5.74, 6) is 6.30. The second-order valence-corrected chi connectivity index (χ2v) is 8.49. The van der Waals surface area contributed by atoms with Gasteiger partial charge in [0, 0.05) is 33.3 Å². The van der Waals surface area contributed by atoms with Gasteiger partial charge in [-0.1, -0.05) is 24.1 Å². The summed E-state index contributed by atoms with van der Waals surface area (Å²) in [6.07, 6.45) is 5.39. The van der Waals surface area contributed by atoms with Crippen LogP contribution >= 0.6 is 22.6 Å². The zero-order valence-electron chi connectivity index (χ0n) is 17.5. The topological polar surface area (TPSA) is 51.6 Å². The van der Waals surface area contributed by atoms with Crippen LogP contribution < -0.4 is 0 Å². The van der Waals surface area contributed by atoms with Gasteiger partial charge in [-0.05, 0) is 101 Å². The van der Waals surface area contributed by atoms with Gasteiger partial charge in [0.2, 0.25) is 0 Å². The summed E-state index contributed by atoms with van der Waals surface area (Å²) in [7, 11) is 0. The molecule has 4 heterocycles. The van der Waals surface area contributed by atoms with Crippen molar-refractivity contribution in [2.24, 2.45) is 0 Å². The third kappa shape index (κ3) is 5.13. The third-order valence-corrected chi connectivity index (χ3v) is 5.68. The predicted molar refractivity (Wildman–Crippen MR) is 139 cm³/mol. The molecule has 0 bridgehead atoms. The van der Waals surface area contributed by atoms with Gasteiger partial charge in [0.05, 0.1) is 22.8 Å². The van der Waals surface area contributed by atoms with Gasteiger partial charge in [0.15, 0.2) is 0 Å². The van der Waals surface area contributed by atoms with Crippen LogP contribution in [0.5, 0.6) is 0 Å². The summed E-state index contributed by atoms with van der Waals surface area (Å²) >= 11 is 2.28. The summed E-state index contributed by atoms with van der Waals surface area (Å²) in [6, 6.07) is 27.8. The van der Waals surface area contributed by atoms with Crippen LogP contribution in [-0.2, 0) is 0 Å². The van der Waals surface area contributed by atoms with E-state index in [1.807, 2.05) is 91.1 Å². The van der Waals surface area contributed by atoms with E-state index in [0.717, 1.165) is 45.2 Å². The number of hydrogen-bond donors (Lipinski definition) is 0. The van der Waals surface area contributed by atoms with E-state index in [1.54, 1.807) is 12.4 Å². The number of rotatable bonds is 3. The molecule has 5 aromatic rings. The second-order valence-electron chi connectivity index (χ2n) is 7.25. The SMILES string of the molecule is Ic1ccc(C#Cc2ccc(-c3cc(-c4ccccn4)nc(-c4ccccn4)c3)cn2)cc1. The first-order chi connectivity index (χ1) is 16.2. The molecule has 0 saturated carbocycles. The van der Waals surface area contributed by atoms with Gasteiger partial charge >= 0.3 is 0 Å². The molecule has 5 rings (SSSR count). The fourth-order valence-electron chi connectivity index (χ4n) is 3.30. The summed E-state index contributed by atoms with van der Waals surface area (Å²) < 4.78 is 1.19. The molecule has 0 aliphatic carbocycles. The summed E-state index contributed by atoms with van der Waals surface area (Å²) in [6.45, 7) is 0. The van der Waals surface area contributed by atoms with Crippen molar-refractivity contribution < 1.29 is 0 Å². The quantitative estimate of drug-likeness (QED) is 0.202. The maximum atomic E-state index is 4.82. The Morgan fingerprint density at radius 1 is 0.576 bits per heavy atom. The average molecular weight is 536 g/mol. The maximum Gasteiger partial charge on any atom is 0.113 e. The molecule has 0 radical (unpaired) electrons. The Morgan fingerprint density at radius 3 is 1.79 bits per heavy atom. The van der Waals surface area contributed by atoms with E-state index in [1.165, 1.54) is 3.57 Å². The van der Waals surface area contributed by atoms with E-state index in [-0.39, 0.29) is 0 Å². The third-order valence-electron chi connectivity index (χ3n) is 4.96. The van der Waals surface area contributed by atoms with Gasteiger partial charge in [0.1, 0.15) is 5.69 Å². The Bertz CT molecular complexity index is 1380. The molecule has 0 unspecified atom stereocenters. The minimum atomic E-state index is 0.723. The molecule has 0 fully saturated rings. The van der Waals surface area contributed by atoms with Crippen LogP contribution in [-0.4, -0.2) is 19.9 Å². The maximum absolute atomic E-state index is 4.82. The lowest BCUT2D eigenvalue weighted by atomic mass is 10.0. The molecule has 5 heteroatoms. The fourth-order valence-corrected chi connectivity index (χ4v) is 3.66. The van der Waals surface area contributed by atoms with E-state index in [4.69, 9.17) is 4.98 Å². The molecule has 1 aromatic carbocycles. The number of benzene rings is 1. The van der Waals surface area contributed by atoms with Crippen molar-refractivity contribution in [1.82, 2.24) is 19.9 Å². The standard InChI is InChI=1S/C28H17IN4/c29-23-11-7-20(8-12-23)9-13-24-14-10-21(19-32-24)22-17-27(25-5-1-3-15-30-25)33-28(18-22)26-6-2-4-16-31-26/h1-8,10-12,14-19H. The fraction of sp³-hybridized carbons (Fsp3) is 0. The highest BCUT2D eigenvalue weighted by molar-refractivity contribution is 14.1. The minimum Gasteiger partial charge on any atom is -0.255 e. The van der Waals surface area contributed by atoms with Crippen LogP contribution in [0, 0.1) is 15.4 Å². The van der Waals surface area contributed by atoms with E-state index in [9.17, 15) is 0 Å².